The number of likely N-dealkylation sites (tertiary alicyclic amines) is 1. The van der Waals surface area contributed by atoms with Gasteiger partial charge < -0.3 is 5.32 Å². The fourth-order valence-corrected chi connectivity index (χ4v) is 2.86. The highest BCUT2D eigenvalue weighted by Gasteiger charge is 2.22. The van der Waals surface area contributed by atoms with E-state index in [0.717, 1.165) is 31.5 Å². The molecule has 0 aliphatic carbocycles. The van der Waals surface area contributed by atoms with Gasteiger partial charge in [0.15, 0.2) is 0 Å². The third-order valence-corrected chi connectivity index (χ3v) is 4.35. The van der Waals surface area contributed by atoms with E-state index in [1.165, 1.54) is 19.3 Å². The maximum Gasteiger partial charge on any atom is 0.321 e. The molecule has 0 unspecified atom stereocenters. The van der Waals surface area contributed by atoms with Crippen LogP contribution in [0.15, 0.2) is 30.3 Å². The van der Waals surface area contributed by atoms with Crippen molar-refractivity contribution in [2.24, 2.45) is 0 Å². The lowest BCUT2D eigenvalue weighted by molar-refractivity contribution is -0.124. The van der Waals surface area contributed by atoms with Crippen molar-refractivity contribution in [2.45, 2.75) is 51.6 Å². The first kappa shape index (κ1) is 17.5. The number of imide groups is 1. The van der Waals surface area contributed by atoms with Crippen LogP contribution in [0.5, 0.6) is 0 Å². The fraction of sp³-hybridized carbons (Fsp3) is 0.556. The van der Waals surface area contributed by atoms with Crippen molar-refractivity contribution < 1.29 is 9.59 Å². The lowest BCUT2D eigenvalue weighted by atomic mass is 10.1. The SMILES string of the molecule is C[C@H](C(=O)NC(=O)NCc1ccccc1)N1CCCCCCC1. The van der Waals surface area contributed by atoms with E-state index in [0.29, 0.717) is 6.54 Å². The molecular weight excluding hydrogens is 290 g/mol. The van der Waals surface area contributed by atoms with Crippen molar-refractivity contribution >= 4 is 11.9 Å². The molecule has 126 valence electrons. The Kier molecular flexibility index (Phi) is 7.07. The summed E-state index contributed by atoms with van der Waals surface area (Å²) in [6.45, 7) is 4.15. The van der Waals surface area contributed by atoms with Gasteiger partial charge in [-0.05, 0) is 38.4 Å². The van der Waals surface area contributed by atoms with Crippen LogP contribution in [-0.4, -0.2) is 36.0 Å². The molecule has 3 amide bonds. The number of benzene rings is 1. The second kappa shape index (κ2) is 9.30. The van der Waals surface area contributed by atoms with Gasteiger partial charge in [0.05, 0.1) is 6.04 Å². The summed E-state index contributed by atoms with van der Waals surface area (Å²) in [6, 6.07) is 8.94. The van der Waals surface area contributed by atoms with Crippen LogP contribution in [0.3, 0.4) is 0 Å². The summed E-state index contributed by atoms with van der Waals surface area (Å²) >= 11 is 0. The Labute approximate surface area is 138 Å². The van der Waals surface area contributed by atoms with Crippen molar-refractivity contribution in [1.82, 2.24) is 15.5 Å². The number of nitrogens with one attached hydrogen (secondary N) is 2. The summed E-state index contributed by atoms with van der Waals surface area (Å²) in [5, 5.41) is 5.17. The Morgan fingerprint density at radius 2 is 1.65 bits per heavy atom. The summed E-state index contributed by atoms with van der Waals surface area (Å²) in [5.41, 5.74) is 1.01. The monoisotopic (exact) mass is 317 g/mol. The van der Waals surface area contributed by atoms with Gasteiger partial charge in [-0.15, -0.1) is 0 Å². The predicted molar refractivity (Wildman–Crippen MR) is 90.9 cm³/mol. The maximum absolute atomic E-state index is 12.2. The molecule has 0 saturated carbocycles. The van der Waals surface area contributed by atoms with Gasteiger partial charge in [0.1, 0.15) is 0 Å². The fourth-order valence-electron chi connectivity index (χ4n) is 2.86. The number of urea groups is 1. The number of rotatable bonds is 4. The second-order valence-corrected chi connectivity index (χ2v) is 6.14. The van der Waals surface area contributed by atoms with Gasteiger partial charge in [-0.2, -0.15) is 0 Å². The van der Waals surface area contributed by atoms with E-state index in [4.69, 9.17) is 0 Å². The molecule has 5 nitrogen and oxygen atoms in total. The van der Waals surface area contributed by atoms with Crippen molar-refractivity contribution in [3.8, 4) is 0 Å². The minimum Gasteiger partial charge on any atom is -0.334 e. The lowest BCUT2D eigenvalue weighted by Crippen LogP contribution is -2.50. The molecule has 1 aromatic rings. The average Bonchev–Trinajstić information content (AvgIpc) is 2.53. The molecule has 1 aliphatic heterocycles. The van der Waals surface area contributed by atoms with E-state index in [-0.39, 0.29) is 11.9 Å². The molecule has 1 saturated heterocycles. The summed E-state index contributed by atoms with van der Waals surface area (Å²) in [6.07, 6.45) is 5.98. The van der Waals surface area contributed by atoms with Crippen LogP contribution in [0.2, 0.25) is 0 Å². The smallest absolute Gasteiger partial charge is 0.321 e. The Balaban J connectivity index is 1.76. The molecule has 1 fully saturated rings. The molecule has 1 aliphatic rings. The average molecular weight is 317 g/mol. The van der Waals surface area contributed by atoms with E-state index in [1.54, 1.807) is 0 Å². The van der Waals surface area contributed by atoms with E-state index >= 15 is 0 Å². The standard InChI is InChI=1S/C18H27N3O2/c1-15(21-12-8-3-2-4-9-13-21)17(22)20-18(23)19-14-16-10-6-5-7-11-16/h5-7,10-11,15H,2-4,8-9,12-14H2,1H3,(H2,19,20,22,23)/t15-/m1/s1. The van der Waals surface area contributed by atoms with Crippen LogP contribution in [-0.2, 0) is 11.3 Å². The molecule has 0 bridgehead atoms. The highest BCUT2D eigenvalue weighted by molar-refractivity contribution is 5.96. The lowest BCUT2D eigenvalue weighted by Gasteiger charge is -2.29. The Hall–Kier alpha value is -1.88. The Morgan fingerprint density at radius 1 is 1.04 bits per heavy atom. The molecule has 5 heteroatoms. The predicted octanol–water partition coefficient (Wildman–Crippen LogP) is 2.67. The normalized spacial score (nSPS) is 17.6. The highest BCUT2D eigenvalue weighted by Crippen LogP contribution is 2.12. The number of hydrogen-bond acceptors (Lipinski definition) is 3. The second-order valence-electron chi connectivity index (χ2n) is 6.14. The van der Waals surface area contributed by atoms with Crippen LogP contribution < -0.4 is 10.6 Å². The summed E-state index contributed by atoms with van der Waals surface area (Å²) < 4.78 is 0. The molecule has 2 rings (SSSR count). The quantitative estimate of drug-likeness (QED) is 0.897. The van der Waals surface area contributed by atoms with Gasteiger partial charge in [0.25, 0.3) is 0 Å². The van der Waals surface area contributed by atoms with Crippen LogP contribution in [0, 0.1) is 0 Å². The van der Waals surface area contributed by atoms with Gasteiger partial charge in [-0.3, -0.25) is 15.0 Å². The number of carbonyl (C=O) groups is 2. The molecule has 1 atom stereocenters. The minimum absolute atomic E-state index is 0.226. The molecule has 1 heterocycles. The first-order valence-electron chi connectivity index (χ1n) is 8.53. The van der Waals surface area contributed by atoms with Crippen LogP contribution in [0.4, 0.5) is 4.79 Å². The molecule has 2 N–H and O–H groups in total. The van der Waals surface area contributed by atoms with Crippen molar-refractivity contribution in [3.05, 3.63) is 35.9 Å². The molecule has 0 radical (unpaired) electrons. The number of carbonyl (C=O) groups excluding carboxylic acids is 2. The van der Waals surface area contributed by atoms with Gasteiger partial charge in [0, 0.05) is 6.54 Å². The molecule has 0 spiro atoms. The largest absolute Gasteiger partial charge is 0.334 e. The molecule has 1 aromatic carbocycles. The van der Waals surface area contributed by atoms with E-state index in [9.17, 15) is 9.59 Å². The zero-order valence-corrected chi connectivity index (χ0v) is 13.9. The third-order valence-electron chi connectivity index (χ3n) is 4.35. The summed E-state index contributed by atoms with van der Waals surface area (Å²) in [5.74, 6) is -0.226. The molecular formula is C18H27N3O2. The van der Waals surface area contributed by atoms with E-state index < -0.39 is 6.03 Å². The van der Waals surface area contributed by atoms with Crippen LogP contribution >= 0.6 is 0 Å². The first-order chi connectivity index (χ1) is 11.2. The van der Waals surface area contributed by atoms with Crippen LogP contribution in [0.1, 0.15) is 44.6 Å². The zero-order valence-electron chi connectivity index (χ0n) is 13.9. The van der Waals surface area contributed by atoms with Gasteiger partial charge in [-0.25, -0.2) is 4.79 Å². The maximum atomic E-state index is 12.2. The highest BCUT2D eigenvalue weighted by atomic mass is 16.2. The summed E-state index contributed by atoms with van der Waals surface area (Å²) in [7, 11) is 0. The zero-order chi connectivity index (χ0) is 16.5. The van der Waals surface area contributed by atoms with E-state index in [1.807, 2.05) is 37.3 Å². The third kappa shape index (κ3) is 6.02. The van der Waals surface area contributed by atoms with Gasteiger partial charge in [-0.1, -0.05) is 49.6 Å². The van der Waals surface area contributed by atoms with Gasteiger partial charge in [0.2, 0.25) is 5.91 Å². The Bertz CT molecular complexity index is 496. The minimum atomic E-state index is -0.433. The molecule has 0 aromatic heterocycles. The van der Waals surface area contributed by atoms with Crippen molar-refractivity contribution in [1.29, 1.82) is 0 Å². The topological polar surface area (TPSA) is 61.4 Å². The van der Waals surface area contributed by atoms with Crippen molar-refractivity contribution in [3.63, 3.8) is 0 Å². The van der Waals surface area contributed by atoms with Crippen molar-refractivity contribution in [2.75, 3.05) is 13.1 Å². The first-order valence-corrected chi connectivity index (χ1v) is 8.53. The number of nitrogens with zero attached hydrogens (tertiary/aromatic N) is 1. The number of hydrogen-bond donors (Lipinski definition) is 2. The summed E-state index contributed by atoms with van der Waals surface area (Å²) in [4.78, 5) is 26.3. The number of amides is 3. The van der Waals surface area contributed by atoms with Gasteiger partial charge >= 0.3 is 6.03 Å². The molecule has 23 heavy (non-hydrogen) atoms. The van der Waals surface area contributed by atoms with E-state index in [2.05, 4.69) is 15.5 Å². The van der Waals surface area contributed by atoms with Crippen LogP contribution in [0.25, 0.3) is 0 Å². The Morgan fingerprint density at radius 3 is 2.30 bits per heavy atom.